The molecule has 1 atom stereocenters. The molecule has 0 bridgehead atoms. The maximum Gasteiger partial charge on any atom is 0.225 e. The molecule has 22 heavy (non-hydrogen) atoms. The highest BCUT2D eigenvalue weighted by molar-refractivity contribution is 5.79. The summed E-state index contributed by atoms with van der Waals surface area (Å²) in [4.78, 5) is 14.1. The first-order chi connectivity index (χ1) is 10.6. The third kappa shape index (κ3) is 3.40. The molecule has 1 aromatic carbocycles. The molecule has 1 heterocycles. The molecule has 120 valence electrons. The van der Waals surface area contributed by atoms with E-state index in [-0.39, 0.29) is 24.2 Å². The number of benzene rings is 1. The van der Waals surface area contributed by atoms with Gasteiger partial charge in [0.05, 0.1) is 6.54 Å². The highest BCUT2D eigenvalue weighted by Crippen LogP contribution is 2.30. The van der Waals surface area contributed by atoms with E-state index in [0.29, 0.717) is 25.3 Å². The van der Waals surface area contributed by atoms with Crippen LogP contribution in [0.4, 0.5) is 4.39 Å². The largest absolute Gasteiger partial charge is 0.491 e. The fourth-order valence-corrected chi connectivity index (χ4v) is 3.34. The van der Waals surface area contributed by atoms with E-state index in [1.165, 1.54) is 24.3 Å². The summed E-state index contributed by atoms with van der Waals surface area (Å²) in [7, 11) is 0. The van der Waals surface area contributed by atoms with Gasteiger partial charge in [0.1, 0.15) is 23.8 Å². The Bertz CT molecular complexity index is 527. The molecule has 1 saturated carbocycles. The standard InChI is InChI=1S/C17H22FNO3/c18-14-5-7-15(8-6-14)22-12-17(21)9-10-19(11-17)16(20)13-3-1-2-4-13/h5-8,13,21H,1-4,9-12H2/t17-/m1/s1. The summed E-state index contributed by atoms with van der Waals surface area (Å²) in [6, 6.07) is 5.72. The van der Waals surface area contributed by atoms with Crippen LogP contribution in [0.2, 0.25) is 0 Å². The van der Waals surface area contributed by atoms with Crippen LogP contribution in [0.15, 0.2) is 24.3 Å². The van der Waals surface area contributed by atoms with Crippen LogP contribution in [0.25, 0.3) is 0 Å². The summed E-state index contributed by atoms with van der Waals surface area (Å²) < 4.78 is 18.4. The molecule has 2 fully saturated rings. The molecule has 0 aromatic heterocycles. The van der Waals surface area contributed by atoms with Crippen LogP contribution in [0.1, 0.15) is 32.1 Å². The monoisotopic (exact) mass is 307 g/mol. The van der Waals surface area contributed by atoms with Crippen molar-refractivity contribution in [1.29, 1.82) is 0 Å². The van der Waals surface area contributed by atoms with E-state index < -0.39 is 5.60 Å². The van der Waals surface area contributed by atoms with Gasteiger partial charge in [-0.25, -0.2) is 4.39 Å². The van der Waals surface area contributed by atoms with E-state index >= 15 is 0 Å². The van der Waals surface area contributed by atoms with Gasteiger partial charge < -0.3 is 14.7 Å². The number of likely N-dealkylation sites (tertiary alicyclic amines) is 1. The van der Waals surface area contributed by atoms with Gasteiger partial charge >= 0.3 is 0 Å². The van der Waals surface area contributed by atoms with E-state index in [2.05, 4.69) is 0 Å². The first-order valence-corrected chi connectivity index (χ1v) is 7.95. The van der Waals surface area contributed by atoms with Crippen molar-refractivity contribution in [2.45, 2.75) is 37.7 Å². The minimum absolute atomic E-state index is 0.118. The van der Waals surface area contributed by atoms with Crippen LogP contribution in [0.3, 0.4) is 0 Å². The van der Waals surface area contributed by atoms with Crippen molar-refractivity contribution in [1.82, 2.24) is 4.90 Å². The minimum Gasteiger partial charge on any atom is -0.491 e. The van der Waals surface area contributed by atoms with E-state index in [0.717, 1.165) is 25.7 Å². The molecule has 1 saturated heterocycles. The first-order valence-electron chi connectivity index (χ1n) is 7.95. The van der Waals surface area contributed by atoms with Crippen LogP contribution >= 0.6 is 0 Å². The Kier molecular flexibility index (Phi) is 4.34. The highest BCUT2D eigenvalue weighted by Gasteiger charge is 2.41. The molecule has 0 radical (unpaired) electrons. The van der Waals surface area contributed by atoms with Crippen LogP contribution in [-0.4, -0.2) is 41.2 Å². The fraction of sp³-hybridized carbons (Fsp3) is 0.588. The lowest BCUT2D eigenvalue weighted by molar-refractivity contribution is -0.135. The Morgan fingerprint density at radius 1 is 1.32 bits per heavy atom. The van der Waals surface area contributed by atoms with Gasteiger partial charge in [0.2, 0.25) is 5.91 Å². The lowest BCUT2D eigenvalue weighted by Gasteiger charge is -2.25. The SMILES string of the molecule is O=C(C1CCCC1)N1CC[C@](O)(COc2ccc(F)cc2)C1. The molecule has 5 heteroatoms. The molecule has 1 aromatic rings. The van der Waals surface area contributed by atoms with Crippen molar-refractivity contribution in [2.24, 2.45) is 5.92 Å². The average Bonchev–Trinajstić information content (AvgIpc) is 3.16. The Hall–Kier alpha value is -1.62. The van der Waals surface area contributed by atoms with Gasteiger partial charge in [-0.2, -0.15) is 0 Å². The molecule has 1 aliphatic heterocycles. The Balaban J connectivity index is 1.53. The Morgan fingerprint density at radius 3 is 2.68 bits per heavy atom. The topological polar surface area (TPSA) is 49.8 Å². The third-order valence-corrected chi connectivity index (χ3v) is 4.67. The van der Waals surface area contributed by atoms with Gasteiger partial charge in [-0.15, -0.1) is 0 Å². The number of carbonyl (C=O) groups excluding carboxylic acids is 1. The molecule has 1 aliphatic carbocycles. The number of β-amino-alcohol motifs (C(OH)–C–C–N with tert-alkyl or cyclic N) is 1. The molecule has 0 unspecified atom stereocenters. The van der Waals surface area contributed by atoms with Gasteiger partial charge in [0.25, 0.3) is 0 Å². The van der Waals surface area contributed by atoms with Crippen molar-refractivity contribution in [3.05, 3.63) is 30.1 Å². The van der Waals surface area contributed by atoms with Gasteiger partial charge in [0, 0.05) is 12.5 Å². The number of aliphatic hydroxyl groups is 1. The molecular formula is C17H22FNO3. The molecule has 1 N–H and O–H groups in total. The zero-order valence-corrected chi connectivity index (χ0v) is 12.6. The molecule has 2 aliphatic rings. The van der Waals surface area contributed by atoms with E-state index in [1.807, 2.05) is 0 Å². The summed E-state index contributed by atoms with van der Waals surface area (Å²) in [5, 5.41) is 10.6. The molecule has 4 nitrogen and oxygen atoms in total. The number of nitrogens with zero attached hydrogens (tertiary/aromatic N) is 1. The zero-order valence-electron chi connectivity index (χ0n) is 12.6. The summed E-state index contributed by atoms with van der Waals surface area (Å²) in [6.07, 6.45) is 4.72. The zero-order chi connectivity index (χ0) is 15.6. The predicted molar refractivity (Wildman–Crippen MR) is 80.0 cm³/mol. The smallest absolute Gasteiger partial charge is 0.225 e. The Labute approximate surface area is 129 Å². The second-order valence-corrected chi connectivity index (χ2v) is 6.46. The second kappa shape index (κ2) is 6.24. The highest BCUT2D eigenvalue weighted by atomic mass is 19.1. The minimum atomic E-state index is -1.01. The number of amides is 1. The quantitative estimate of drug-likeness (QED) is 0.929. The number of carbonyl (C=O) groups is 1. The van der Waals surface area contributed by atoms with Gasteiger partial charge in [-0.1, -0.05) is 12.8 Å². The number of ether oxygens (including phenoxy) is 1. The van der Waals surface area contributed by atoms with Gasteiger partial charge in [-0.3, -0.25) is 4.79 Å². The van der Waals surface area contributed by atoms with Crippen molar-refractivity contribution in [3.63, 3.8) is 0 Å². The van der Waals surface area contributed by atoms with E-state index in [9.17, 15) is 14.3 Å². The van der Waals surface area contributed by atoms with Crippen LogP contribution in [0.5, 0.6) is 5.75 Å². The average molecular weight is 307 g/mol. The fourth-order valence-electron chi connectivity index (χ4n) is 3.34. The van der Waals surface area contributed by atoms with Crippen molar-refractivity contribution < 1.29 is 19.0 Å². The van der Waals surface area contributed by atoms with Crippen molar-refractivity contribution in [3.8, 4) is 5.75 Å². The Morgan fingerprint density at radius 2 is 2.00 bits per heavy atom. The van der Waals surface area contributed by atoms with Crippen LogP contribution in [0, 0.1) is 11.7 Å². The van der Waals surface area contributed by atoms with E-state index in [1.54, 1.807) is 4.90 Å². The maximum atomic E-state index is 12.8. The van der Waals surface area contributed by atoms with Gasteiger partial charge in [0.15, 0.2) is 0 Å². The van der Waals surface area contributed by atoms with Gasteiger partial charge in [-0.05, 0) is 43.5 Å². The number of rotatable bonds is 4. The van der Waals surface area contributed by atoms with E-state index in [4.69, 9.17) is 4.74 Å². The maximum absolute atomic E-state index is 12.8. The lowest BCUT2D eigenvalue weighted by Crippen LogP contribution is -2.42. The summed E-state index contributed by atoms with van der Waals surface area (Å²) in [5.41, 5.74) is -1.01. The molecule has 1 amide bonds. The normalized spacial score (nSPS) is 25.6. The second-order valence-electron chi connectivity index (χ2n) is 6.46. The van der Waals surface area contributed by atoms with Crippen LogP contribution in [-0.2, 0) is 4.79 Å². The number of halogens is 1. The molecular weight excluding hydrogens is 285 g/mol. The predicted octanol–water partition coefficient (Wildman–Crippen LogP) is 2.36. The summed E-state index contributed by atoms with van der Waals surface area (Å²) in [6.45, 7) is 1.02. The van der Waals surface area contributed by atoms with Crippen molar-refractivity contribution >= 4 is 5.91 Å². The van der Waals surface area contributed by atoms with Crippen LogP contribution < -0.4 is 4.74 Å². The molecule has 3 rings (SSSR count). The summed E-state index contributed by atoms with van der Waals surface area (Å²) in [5.74, 6) is 0.520. The number of hydrogen-bond donors (Lipinski definition) is 1. The lowest BCUT2D eigenvalue weighted by atomic mass is 10.0. The van der Waals surface area contributed by atoms with Crippen molar-refractivity contribution in [2.75, 3.05) is 19.7 Å². The third-order valence-electron chi connectivity index (χ3n) is 4.67. The first kappa shape index (κ1) is 15.3. The number of hydrogen-bond acceptors (Lipinski definition) is 3. The summed E-state index contributed by atoms with van der Waals surface area (Å²) >= 11 is 0. The molecule has 0 spiro atoms.